The number of carboxylic acids is 4. The Morgan fingerprint density at radius 1 is 0.618 bits per heavy atom. The molecule has 0 radical (unpaired) electrons. The predicted molar refractivity (Wildman–Crippen MR) is 107 cm³/mol. The monoisotopic (exact) mass is 491 g/mol. The first-order valence-corrected chi connectivity index (χ1v) is 9.47. The lowest BCUT2D eigenvalue weighted by atomic mass is 10.1. The molecule has 0 spiro atoms. The maximum Gasteiger partial charge on any atom is 0.326 e. The first kappa shape index (κ1) is 29.7. The Hall–Kier alpha value is -4.28. The van der Waals surface area contributed by atoms with E-state index in [0.717, 1.165) is 0 Å². The van der Waals surface area contributed by atoms with E-state index < -0.39 is 104 Å². The third-order valence-electron chi connectivity index (χ3n) is 4.04. The molecule has 0 aliphatic heterocycles. The quantitative estimate of drug-likeness (QED) is 0.0984. The SMILES string of the molecule is NC(=O)CC(N)C(=O)NC(CC(=O)O)C(=O)NC(CCC(=O)O)C(=O)NC(CC(=O)O)C(=O)O. The predicted octanol–water partition coefficient (Wildman–Crippen LogP) is -4.46. The molecule has 0 aromatic heterocycles. The molecular formula is C17H25N5O12. The molecule has 17 heteroatoms. The first-order valence-electron chi connectivity index (χ1n) is 9.47. The average molecular weight is 491 g/mol. The second-order valence-electron chi connectivity index (χ2n) is 6.93. The summed E-state index contributed by atoms with van der Waals surface area (Å²) in [6, 6.07) is -7.03. The third kappa shape index (κ3) is 11.9. The number of hydrogen-bond acceptors (Lipinski definition) is 9. The summed E-state index contributed by atoms with van der Waals surface area (Å²) >= 11 is 0. The maximum absolute atomic E-state index is 12.6. The molecular weight excluding hydrogens is 466 g/mol. The fourth-order valence-corrected chi connectivity index (χ4v) is 2.43. The number of rotatable bonds is 16. The van der Waals surface area contributed by atoms with Gasteiger partial charge in [-0.1, -0.05) is 0 Å². The summed E-state index contributed by atoms with van der Waals surface area (Å²) in [6.07, 6.45) is -3.96. The number of primary amides is 1. The van der Waals surface area contributed by atoms with Crippen LogP contribution >= 0.6 is 0 Å². The van der Waals surface area contributed by atoms with Crippen LogP contribution < -0.4 is 27.4 Å². The van der Waals surface area contributed by atoms with Crippen molar-refractivity contribution in [3.63, 3.8) is 0 Å². The second kappa shape index (κ2) is 14.0. The highest BCUT2D eigenvalue weighted by Gasteiger charge is 2.32. The number of nitrogens with one attached hydrogen (secondary N) is 3. The molecule has 0 aromatic carbocycles. The van der Waals surface area contributed by atoms with E-state index in [-0.39, 0.29) is 0 Å². The van der Waals surface area contributed by atoms with Crippen molar-refractivity contribution < 1.29 is 58.8 Å². The molecule has 0 heterocycles. The number of aliphatic carboxylic acids is 4. The van der Waals surface area contributed by atoms with Gasteiger partial charge in [0.05, 0.1) is 25.3 Å². The van der Waals surface area contributed by atoms with Gasteiger partial charge in [0.2, 0.25) is 23.6 Å². The van der Waals surface area contributed by atoms with Gasteiger partial charge in [-0.2, -0.15) is 0 Å². The lowest BCUT2D eigenvalue weighted by Crippen LogP contribution is -2.57. The topological polar surface area (TPSA) is 306 Å². The number of amides is 4. The van der Waals surface area contributed by atoms with Gasteiger partial charge in [0.15, 0.2) is 0 Å². The Labute approximate surface area is 190 Å². The zero-order valence-corrected chi connectivity index (χ0v) is 17.6. The number of hydrogen-bond donors (Lipinski definition) is 9. The number of carbonyl (C=O) groups excluding carboxylic acids is 4. The van der Waals surface area contributed by atoms with E-state index >= 15 is 0 Å². The Morgan fingerprint density at radius 3 is 1.50 bits per heavy atom. The van der Waals surface area contributed by atoms with E-state index in [1.54, 1.807) is 0 Å². The average Bonchev–Trinajstić information content (AvgIpc) is 2.68. The molecule has 0 rings (SSSR count). The zero-order valence-electron chi connectivity index (χ0n) is 17.6. The highest BCUT2D eigenvalue weighted by Crippen LogP contribution is 2.04. The Morgan fingerprint density at radius 2 is 1.06 bits per heavy atom. The molecule has 11 N–H and O–H groups in total. The summed E-state index contributed by atoms with van der Waals surface area (Å²) < 4.78 is 0. The van der Waals surface area contributed by atoms with Crippen molar-refractivity contribution >= 4 is 47.5 Å². The van der Waals surface area contributed by atoms with Crippen LogP contribution in [0.2, 0.25) is 0 Å². The minimum Gasteiger partial charge on any atom is -0.481 e. The van der Waals surface area contributed by atoms with E-state index in [0.29, 0.717) is 0 Å². The first-order chi connectivity index (χ1) is 15.6. The normalized spacial score (nSPS) is 13.9. The molecule has 4 amide bonds. The highest BCUT2D eigenvalue weighted by atomic mass is 16.4. The van der Waals surface area contributed by atoms with Gasteiger partial charge in [-0.25, -0.2) is 4.79 Å². The number of carbonyl (C=O) groups is 8. The minimum atomic E-state index is -1.92. The van der Waals surface area contributed by atoms with Crippen LogP contribution in [-0.4, -0.2) is 92.1 Å². The van der Waals surface area contributed by atoms with Crippen molar-refractivity contribution in [2.75, 3.05) is 0 Å². The van der Waals surface area contributed by atoms with Crippen LogP contribution in [0.25, 0.3) is 0 Å². The number of nitrogens with two attached hydrogens (primary N) is 2. The van der Waals surface area contributed by atoms with Crippen molar-refractivity contribution in [2.45, 2.75) is 56.3 Å². The summed E-state index contributed by atoms with van der Waals surface area (Å²) in [5.41, 5.74) is 10.3. The second-order valence-corrected chi connectivity index (χ2v) is 6.93. The molecule has 0 saturated carbocycles. The molecule has 0 fully saturated rings. The molecule has 34 heavy (non-hydrogen) atoms. The van der Waals surface area contributed by atoms with E-state index in [9.17, 15) is 38.4 Å². The van der Waals surface area contributed by atoms with Crippen molar-refractivity contribution in [1.82, 2.24) is 16.0 Å². The molecule has 0 aliphatic rings. The van der Waals surface area contributed by atoms with Crippen molar-refractivity contribution in [2.24, 2.45) is 11.5 Å². The van der Waals surface area contributed by atoms with E-state index in [1.165, 1.54) is 0 Å². The maximum atomic E-state index is 12.6. The summed E-state index contributed by atoms with van der Waals surface area (Å²) in [7, 11) is 0. The van der Waals surface area contributed by atoms with E-state index in [2.05, 4.69) is 0 Å². The molecule has 0 aliphatic carbocycles. The van der Waals surface area contributed by atoms with Crippen LogP contribution in [0.5, 0.6) is 0 Å². The molecule has 190 valence electrons. The van der Waals surface area contributed by atoms with Crippen molar-refractivity contribution in [3.05, 3.63) is 0 Å². The van der Waals surface area contributed by atoms with Gasteiger partial charge in [-0.3, -0.25) is 33.6 Å². The third-order valence-corrected chi connectivity index (χ3v) is 4.04. The molecule has 17 nitrogen and oxygen atoms in total. The van der Waals surface area contributed by atoms with E-state index in [1.807, 2.05) is 16.0 Å². The van der Waals surface area contributed by atoms with Crippen LogP contribution in [0.4, 0.5) is 0 Å². The lowest BCUT2D eigenvalue weighted by molar-refractivity contribution is -0.147. The van der Waals surface area contributed by atoms with Gasteiger partial charge in [0.1, 0.15) is 18.1 Å². The zero-order chi connectivity index (χ0) is 26.6. The Kier molecular flexibility index (Phi) is 12.2. The molecule has 4 unspecified atom stereocenters. The van der Waals surface area contributed by atoms with Gasteiger partial charge in [-0.05, 0) is 6.42 Å². The highest BCUT2D eigenvalue weighted by molar-refractivity contribution is 5.96. The summed E-state index contributed by atoms with van der Waals surface area (Å²) in [5.74, 6) is -10.9. The summed E-state index contributed by atoms with van der Waals surface area (Å²) in [6.45, 7) is 0. The van der Waals surface area contributed by atoms with Gasteiger partial charge < -0.3 is 47.8 Å². The van der Waals surface area contributed by atoms with E-state index in [4.69, 9.17) is 31.9 Å². The van der Waals surface area contributed by atoms with Crippen LogP contribution in [0.3, 0.4) is 0 Å². The van der Waals surface area contributed by atoms with Crippen LogP contribution in [0.1, 0.15) is 32.1 Å². The smallest absolute Gasteiger partial charge is 0.326 e. The minimum absolute atomic E-state index is 0.596. The Bertz CT molecular complexity index is 845. The van der Waals surface area contributed by atoms with Crippen LogP contribution in [0, 0.1) is 0 Å². The van der Waals surface area contributed by atoms with Gasteiger partial charge in [0.25, 0.3) is 0 Å². The molecule has 4 atom stereocenters. The molecule has 0 aromatic rings. The standard InChI is InChI=1S/C17H25N5O12/c18-6(3-10(19)23)14(30)21-8(4-12(26)27)16(32)20-7(1-2-11(24)25)15(31)22-9(17(33)34)5-13(28)29/h6-9H,1-5,18H2,(H2,19,23)(H,20,32)(H,21,30)(H,22,31)(H,24,25)(H,26,27)(H,28,29)(H,33,34). The van der Waals surface area contributed by atoms with Crippen LogP contribution in [-0.2, 0) is 38.4 Å². The number of carboxylic acid groups (broad SMARTS) is 4. The van der Waals surface area contributed by atoms with Crippen LogP contribution in [0.15, 0.2) is 0 Å². The Balaban J connectivity index is 5.63. The molecule has 0 bridgehead atoms. The molecule has 0 saturated heterocycles. The van der Waals surface area contributed by atoms with Crippen molar-refractivity contribution in [3.8, 4) is 0 Å². The van der Waals surface area contributed by atoms with Gasteiger partial charge in [-0.15, -0.1) is 0 Å². The lowest BCUT2D eigenvalue weighted by Gasteiger charge is -2.24. The van der Waals surface area contributed by atoms with Gasteiger partial charge >= 0.3 is 23.9 Å². The summed E-state index contributed by atoms with van der Waals surface area (Å²) in [4.78, 5) is 91.8. The largest absolute Gasteiger partial charge is 0.481 e. The summed E-state index contributed by atoms with van der Waals surface area (Å²) in [5, 5.41) is 41.4. The fourth-order valence-electron chi connectivity index (χ4n) is 2.43. The van der Waals surface area contributed by atoms with Gasteiger partial charge in [0, 0.05) is 6.42 Å². The fraction of sp³-hybridized carbons (Fsp3) is 0.529. The van der Waals surface area contributed by atoms with Crippen molar-refractivity contribution in [1.29, 1.82) is 0 Å².